The average Bonchev–Trinajstić information content (AvgIpc) is 2.82. The molecule has 0 saturated carbocycles. The first-order valence-corrected chi connectivity index (χ1v) is 11.3. The van der Waals surface area contributed by atoms with E-state index >= 15 is 0 Å². The largest absolute Gasteiger partial charge is 0.460 e. The predicted octanol–water partition coefficient (Wildman–Crippen LogP) is 2.78. The van der Waals surface area contributed by atoms with E-state index in [-0.39, 0.29) is 37.3 Å². The smallest absolute Gasteiger partial charge is 0.343 e. The number of benzene rings is 2. The van der Waals surface area contributed by atoms with Gasteiger partial charge in [-0.3, -0.25) is 14.9 Å². The molecule has 0 aliphatic heterocycles. The van der Waals surface area contributed by atoms with E-state index in [1.165, 1.54) is 12.1 Å². The standard InChI is InChI=1S/C25H31N3O8/c1-24(2,3)36-23(31)25(27,22(30)35-19-13-11-18(12-14-19)28(32)33)15-7-10-20(26)21(29)34-16-17-8-5-4-6-9-17/h4-6,8-9,11-14,20H,7,10,15-16,26-27H2,1-3H3/t20?,25-/m0/s1. The highest BCUT2D eigenvalue weighted by molar-refractivity contribution is 6.05. The Morgan fingerprint density at radius 2 is 1.61 bits per heavy atom. The third kappa shape index (κ3) is 8.43. The molecule has 0 amide bonds. The topological polar surface area (TPSA) is 174 Å². The Kier molecular flexibility index (Phi) is 9.65. The molecule has 194 valence electrons. The molecule has 0 aromatic heterocycles. The van der Waals surface area contributed by atoms with Gasteiger partial charge in [-0.2, -0.15) is 0 Å². The van der Waals surface area contributed by atoms with Crippen molar-refractivity contribution in [3.63, 3.8) is 0 Å². The van der Waals surface area contributed by atoms with Gasteiger partial charge in [0.15, 0.2) is 0 Å². The first kappa shape index (κ1) is 28.4. The molecular weight excluding hydrogens is 470 g/mol. The lowest BCUT2D eigenvalue weighted by atomic mass is 9.92. The molecule has 2 rings (SSSR count). The van der Waals surface area contributed by atoms with Crippen molar-refractivity contribution >= 4 is 23.6 Å². The van der Waals surface area contributed by atoms with Crippen LogP contribution in [0.25, 0.3) is 0 Å². The molecule has 2 atom stereocenters. The summed E-state index contributed by atoms with van der Waals surface area (Å²) in [6, 6.07) is 12.8. The Labute approximate surface area is 208 Å². The second-order valence-corrected chi connectivity index (χ2v) is 9.21. The van der Waals surface area contributed by atoms with Crippen molar-refractivity contribution in [3.8, 4) is 5.75 Å². The maximum atomic E-state index is 12.9. The van der Waals surface area contributed by atoms with Gasteiger partial charge in [-0.05, 0) is 57.7 Å². The van der Waals surface area contributed by atoms with Crippen LogP contribution in [0.15, 0.2) is 54.6 Å². The molecule has 0 spiro atoms. The van der Waals surface area contributed by atoms with Crippen molar-refractivity contribution in [2.24, 2.45) is 11.5 Å². The van der Waals surface area contributed by atoms with Gasteiger partial charge < -0.3 is 25.7 Å². The zero-order valence-corrected chi connectivity index (χ0v) is 20.5. The molecule has 0 saturated heterocycles. The fraction of sp³-hybridized carbons (Fsp3) is 0.400. The molecule has 2 aromatic rings. The van der Waals surface area contributed by atoms with E-state index in [0.29, 0.717) is 0 Å². The molecule has 0 radical (unpaired) electrons. The van der Waals surface area contributed by atoms with Crippen LogP contribution in [-0.4, -0.2) is 40.0 Å². The van der Waals surface area contributed by atoms with Gasteiger partial charge in [0.1, 0.15) is 24.0 Å². The number of hydrogen-bond donors (Lipinski definition) is 2. The third-order valence-electron chi connectivity index (χ3n) is 5.00. The Hall–Kier alpha value is -3.83. The lowest BCUT2D eigenvalue weighted by Gasteiger charge is -2.29. The van der Waals surface area contributed by atoms with Crippen LogP contribution in [0, 0.1) is 10.1 Å². The predicted molar refractivity (Wildman–Crippen MR) is 130 cm³/mol. The van der Waals surface area contributed by atoms with Gasteiger partial charge in [0.2, 0.25) is 5.54 Å². The molecule has 1 unspecified atom stereocenters. The number of nitrogens with zero attached hydrogens (tertiary/aromatic N) is 1. The van der Waals surface area contributed by atoms with E-state index in [4.69, 9.17) is 25.7 Å². The molecule has 0 aliphatic rings. The van der Waals surface area contributed by atoms with Crippen molar-refractivity contribution in [3.05, 3.63) is 70.3 Å². The Morgan fingerprint density at radius 1 is 1.00 bits per heavy atom. The number of nitrogens with two attached hydrogens (primary N) is 2. The van der Waals surface area contributed by atoms with Crippen LogP contribution in [0.5, 0.6) is 5.75 Å². The maximum Gasteiger partial charge on any atom is 0.343 e. The number of nitro groups is 1. The van der Waals surface area contributed by atoms with E-state index in [2.05, 4.69) is 0 Å². The van der Waals surface area contributed by atoms with E-state index in [0.717, 1.165) is 17.7 Å². The number of ether oxygens (including phenoxy) is 3. The third-order valence-corrected chi connectivity index (χ3v) is 5.00. The fourth-order valence-electron chi connectivity index (χ4n) is 3.05. The minimum atomic E-state index is -2.21. The number of esters is 3. The highest BCUT2D eigenvalue weighted by Gasteiger charge is 2.46. The Bertz CT molecular complexity index is 1070. The van der Waals surface area contributed by atoms with Crippen LogP contribution in [0.4, 0.5) is 5.69 Å². The minimum Gasteiger partial charge on any atom is -0.460 e. The molecule has 0 fully saturated rings. The number of carbonyl (C=O) groups is 3. The molecule has 0 heterocycles. The van der Waals surface area contributed by atoms with Gasteiger partial charge in [-0.15, -0.1) is 0 Å². The lowest BCUT2D eigenvalue weighted by molar-refractivity contribution is -0.384. The zero-order valence-electron chi connectivity index (χ0n) is 20.5. The normalized spacial score (nSPS) is 13.7. The van der Waals surface area contributed by atoms with E-state index in [1.807, 2.05) is 18.2 Å². The summed E-state index contributed by atoms with van der Waals surface area (Å²) < 4.78 is 15.8. The van der Waals surface area contributed by atoms with E-state index in [9.17, 15) is 24.5 Å². The van der Waals surface area contributed by atoms with Crippen LogP contribution in [0.1, 0.15) is 45.6 Å². The summed E-state index contributed by atoms with van der Waals surface area (Å²) in [5.74, 6) is -2.79. The summed E-state index contributed by atoms with van der Waals surface area (Å²) in [7, 11) is 0. The second kappa shape index (κ2) is 12.2. The van der Waals surface area contributed by atoms with Crippen LogP contribution < -0.4 is 16.2 Å². The van der Waals surface area contributed by atoms with Gasteiger partial charge in [0.05, 0.1) is 4.92 Å². The number of non-ortho nitro benzene ring substituents is 1. The molecule has 36 heavy (non-hydrogen) atoms. The molecule has 11 nitrogen and oxygen atoms in total. The van der Waals surface area contributed by atoms with Crippen LogP contribution in [-0.2, 0) is 30.5 Å². The van der Waals surface area contributed by atoms with Gasteiger partial charge >= 0.3 is 17.9 Å². The van der Waals surface area contributed by atoms with Crippen molar-refractivity contribution in [1.82, 2.24) is 0 Å². The summed E-state index contributed by atoms with van der Waals surface area (Å²) in [6.45, 7) is 4.91. The van der Waals surface area contributed by atoms with Crippen LogP contribution in [0.3, 0.4) is 0 Å². The van der Waals surface area contributed by atoms with E-state index in [1.54, 1.807) is 32.9 Å². The Morgan fingerprint density at radius 3 is 2.17 bits per heavy atom. The van der Waals surface area contributed by atoms with Crippen molar-refractivity contribution in [2.45, 2.75) is 63.8 Å². The van der Waals surface area contributed by atoms with Crippen molar-refractivity contribution in [2.75, 3.05) is 0 Å². The quantitative estimate of drug-likeness (QED) is 0.153. The lowest BCUT2D eigenvalue weighted by Crippen LogP contribution is -2.59. The van der Waals surface area contributed by atoms with E-state index < -0.39 is 40.0 Å². The first-order valence-electron chi connectivity index (χ1n) is 11.3. The number of hydrogen-bond acceptors (Lipinski definition) is 10. The molecule has 4 N–H and O–H groups in total. The first-order chi connectivity index (χ1) is 16.8. The van der Waals surface area contributed by atoms with Gasteiger partial charge in [0.25, 0.3) is 5.69 Å². The summed E-state index contributed by atoms with van der Waals surface area (Å²) in [5, 5.41) is 10.8. The highest BCUT2D eigenvalue weighted by atomic mass is 16.6. The van der Waals surface area contributed by atoms with Crippen molar-refractivity contribution in [1.29, 1.82) is 0 Å². The van der Waals surface area contributed by atoms with Gasteiger partial charge in [0, 0.05) is 12.1 Å². The number of rotatable bonds is 11. The monoisotopic (exact) mass is 501 g/mol. The highest BCUT2D eigenvalue weighted by Crippen LogP contribution is 2.24. The SMILES string of the molecule is CC(C)(C)OC(=O)[C@](N)(CCCC(N)C(=O)OCc1ccccc1)C(=O)Oc1ccc([N+](=O)[O-])cc1. The summed E-state index contributed by atoms with van der Waals surface area (Å²) in [4.78, 5) is 48.3. The Balaban J connectivity index is 2.04. The summed E-state index contributed by atoms with van der Waals surface area (Å²) in [6.07, 6.45) is -0.0414. The molecule has 0 bridgehead atoms. The maximum absolute atomic E-state index is 12.9. The minimum absolute atomic E-state index is 0.0369. The van der Waals surface area contributed by atoms with Crippen LogP contribution >= 0.6 is 0 Å². The number of nitro benzene ring substituents is 1. The summed E-state index contributed by atoms with van der Waals surface area (Å²) >= 11 is 0. The van der Waals surface area contributed by atoms with Crippen molar-refractivity contribution < 1.29 is 33.5 Å². The molecule has 0 aliphatic carbocycles. The molecule has 11 heteroatoms. The van der Waals surface area contributed by atoms with Gasteiger partial charge in [-0.25, -0.2) is 9.59 Å². The molecular formula is C25H31N3O8. The van der Waals surface area contributed by atoms with Crippen LogP contribution in [0.2, 0.25) is 0 Å². The number of carbonyl (C=O) groups excluding carboxylic acids is 3. The second-order valence-electron chi connectivity index (χ2n) is 9.21. The average molecular weight is 502 g/mol. The van der Waals surface area contributed by atoms with Gasteiger partial charge in [-0.1, -0.05) is 30.3 Å². The zero-order chi connectivity index (χ0) is 26.9. The fourth-order valence-corrected chi connectivity index (χ4v) is 3.05. The summed E-state index contributed by atoms with van der Waals surface area (Å²) in [5.41, 5.74) is 9.59. The molecule has 2 aromatic carbocycles.